The highest BCUT2D eigenvalue weighted by atomic mass is 16.5. The highest BCUT2D eigenvalue weighted by Crippen LogP contribution is 2.22. The van der Waals surface area contributed by atoms with E-state index in [2.05, 4.69) is 10.5 Å². The van der Waals surface area contributed by atoms with E-state index in [-0.39, 0.29) is 24.2 Å². The minimum Gasteiger partial charge on any atom is -0.481 e. The molecule has 1 heterocycles. The summed E-state index contributed by atoms with van der Waals surface area (Å²) in [5.41, 5.74) is 1.06. The molecule has 0 fully saturated rings. The first-order valence-corrected chi connectivity index (χ1v) is 6.79. The summed E-state index contributed by atoms with van der Waals surface area (Å²) in [4.78, 5) is 22.7. The summed E-state index contributed by atoms with van der Waals surface area (Å²) >= 11 is 0. The van der Waals surface area contributed by atoms with Gasteiger partial charge in [0.1, 0.15) is 5.56 Å². The van der Waals surface area contributed by atoms with E-state index in [0.29, 0.717) is 30.0 Å². The van der Waals surface area contributed by atoms with Crippen molar-refractivity contribution in [2.24, 2.45) is 5.92 Å². The van der Waals surface area contributed by atoms with Gasteiger partial charge in [0.05, 0.1) is 5.69 Å². The molecule has 0 saturated carbocycles. The number of aliphatic carboxylic acids is 1. The van der Waals surface area contributed by atoms with Crippen molar-refractivity contribution in [1.82, 2.24) is 10.5 Å². The molecule has 0 aliphatic heterocycles. The fourth-order valence-electron chi connectivity index (χ4n) is 1.88. The Morgan fingerprint density at radius 1 is 1.35 bits per heavy atom. The summed E-state index contributed by atoms with van der Waals surface area (Å²) in [6, 6.07) is 0. The SMILES string of the molecule is Cc1noc(C(C)C)c1C(=O)NCC(C)CCC(=O)O. The zero-order chi connectivity index (χ0) is 15.3. The van der Waals surface area contributed by atoms with Crippen molar-refractivity contribution in [3.8, 4) is 0 Å². The Labute approximate surface area is 118 Å². The molecular formula is C14H22N2O4. The van der Waals surface area contributed by atoms with E-state index in [1.54, 1.807) is 6.92 Å². The van der Waals surface area contributed by atoms with Gasteiger partial charge in [-0.2, -0.15) is 0 Å². The molecule has 0 aliphatic carbocycles. The monoisotopic (exact) mass is 282 g/mol. The number of carboxylic acid groups (broad SMARTS) is 1. The van der Waals surface area contributed by atoms with Crippen LogP contribution >= 0.6 is 0 Å². The molecule has 1 aromatic rings. The summed E-state index contributed by atoms with van der Waals surface area (Å²) in [7, 11) is 0. The van der Waals surface area contributed by atoms with Gasteiger partial charge in [-0.15, -0.1) is 0 Å². The summed E-state index contributed by atoms with van der Waals surface area (Å²) < 4.78 is 5.18. The molecule has 1 unspecified atom stereocenters. The predicted octanol–water partition coefficient (Wildman–Crippen LogP) is 2.34. The average molecular weight is 282 g/mol. The molecule has 1 amide bonds. The second-order valence-electron chi connectivity index (χ2n) is 5.41. The molecule has 0 spiro atoms. The highest BCUT2D eigenvalue weighted by Gasteiger charge is 2.22. The first-order chi connectivity index (χ1) is 9.32. The summed E-state index contributed by atoms with van der Waals surface area (Å²) in [5.74, 6) is -0.257. The van der Waals surface area contributed by atoms with Gasteiger partial charge in [-0.25, -0.2) is 0 Å². The second-order valence-corrected chi connectivity index (χ2v) is 5.41. The predicted molar refractivity (Wildman–Crippen MR) is 73.7 cm³/mol. The molecule has 0 saturated heterocycles. The Kier molecular flexibility index (Phi) is 5.73. The molecule has 1 rings (SSSR count). The van der Waals surface area contributed by atoms with Gasteiger partial charge in [-0.3, -0.25) is 9.59 Å². The zero-order valence-corrected chi connectivity index (χ0v) is 12.4. The first-order valence-electron chi connectivity index (χ1n) is 6.79. The van der Waals surface area contributed by atoms with Crippen LogP contribution in [0.15, 0.2) is 4.52 Å². The average Bonchev–Trinajstić information content (AvgIpc) is 2.75. The molecule has 112 valence electrons. The normalized spacial score (nSPS) is 12.4. The van der Waals surface area contributed by atoms with Crippen molar-refractivity contribution in [3.05, 3.63) is 17.0 Å². The van der Waals surface area contributed by atoms with Crippen LogP contribution in [0.1, 0.15) is 61.3 Å². The molecule has 0 bridgehead atoms. The largest absolute Gasteiger partial charge is 0.481 e. The minimum absolute atomic E-state index is 0.0846. The number of aryl methyl sites for hydroxylation is 1. The van der Waals surface area contributed by atoms with Gasteiger partial charge in [0, 0.05) is 18.9 Å². The van der Waals surface area contributed by atoms with Gasteiger partial charge in [0.25, 0.3) is 5.91 Å². The Balaban J connectivity index is 2.59. The van der Waals surface area contributed by atoms with Crippen molar-refractivity contribution in [3.63, 3.8) is 0 Å². The lowest BCUT2D eigenvalue weighted by molar-refractivity contribution is -0.137. The van der Waals surface area contributed by atoms with Crippen LogP contribution in [0.2, 0.25) is 0 Å². The molecule has 0 aliphatic rings. The molecule has 0 aromatic carbocycles. The molecule has 1 aromatic heterocycles. The van der Waals surface area contributed by atoms with Gasteiger partial charge in [0.2, 0.25) is 0 Å². The third-order valence-electron chi connectivity index (χ3n) is 3.10. The molecule has 6 nitrogen and oxygen atoms in total. The van der Waals surface area contributed by atoms with Gasteiger partial charge in [-0.1, -0.05) is 25.9 Å². The van der Waals surface area contributed by atoms with E-state index in [9.17, 15) is 9.59 Å². The maximum absolute atomic E-state index is 12.2. The number of nitrogens with one attached hydrogen (secondary N) is 1. The molecule has 6 heteroatoms. The number of carboxylic acids is 1. The quantitative estimate of drug-likeness (QED) is 0.800. The standard InChI is InChI=1S/C14H22N2O4/c1-8(2)13-12(10(4)16-20-13)14(19)15-7-9(3)5-6-11(17)18/h8-9H,5-7H2,1-4H3,(H,15,19)(H,17,18). The number of carbonyl (C=O) groups is 2. The van der Waals surface area contributed by atoms with Crippen LogP contribution in [-0.2, 0) is 4.79 Å². The van der Waals surface area contributed by atoms with E-state index in [0.717, 1.165) is 0 Å². The highest BCUT2D eigenvalue weighted by molar-refractivity contribution is 5.96. The third kappa shape index (κ3) is 4.36. The third-order valence-corrected chi connectivity index (χ3v) is 3.10. The zero-order valence-electron chi connectivity index (χ0n) is 12.4. The number of hydrogen-bond donors (Lipinski definition) is 2. The van der Waals surface area contributed by atoms with Crippen LogP contribution in [0.25, 0.3) is 0 Å². The van der Waals surface area contributed by atoms with Crippen molar-refractivity contribution in [1.29, 1.82) is 0 Å². The number of amides is 1. The number of hydrogen-bond acceptors (Lipinski definition) is 4. The number of aromatic nitrogens is 1. The lowest BCUT2D eigenvalue weighted by Crippen LogP contribution is -2.29. The van der Waals surface area contributed by atoms with Gasteiger partial charge in [-0.05, 0) is 19.3 Å². The summed E-state index contributed by atoms with van der Waals surface area (Å²) in [6.07, 6.45) is 0.649. The van der Waals surface area contributed by atoms with E-state index in [4.69, 9.17) is 9.63 Å². The number of carbonyl (C=O) groups excluding carboxylic acids is 1. The Hall–Kier alpha value is -1.85. The van der Waals surface area contributed by atoms with Crippen molar-refractivity contribution >= 4 is 11.9 Å². The van der Waals surface area contributed by atoms with Crippen LogP contribution in [0.4, 0.5) is 0 Å². The summed E-state index contributed by atoms with van der Waals surface area (Å²) in [5, 5.41) is 15.3. The maximum atomic E-state index is 12.2. The molecule has 1 atom stereocenters. The van der Waals surface area contributed by atoms with Crippen molar-refractivity contribution in [2.45, 2.75) is 46.5 Å². The lowest BCUT2D eigenvalue weighted by Gasteiger charge is -2.12. The molecule has 0 radical (unpaired) electrons. The number of rotatable bonds is 7. The van der Waals surface area contributed by atoms with E-state index >= 15 is 0 Å². The van der Waals surface area contributed by atoms with E-state index in [1.165, 1.54) is 0 Å². The van der Waals surface area contributed by atoms with Crippen molar-refractivity contribution in [2.75, 3.05) is 6.54 Å². The van der Waals surface area contributed by atoms with Crippen LogP contribution < -0.4 is 5.32 Å². The fraction of sp³-hybridized carbons (Fsp3) is 0.643. The van der Waals surface area contributed by atoms with Crippen LogP contribution in [0, 0.1) is 12.8 Å². The summed E-state index contributed by atoms with van der Waals surface area (Å²) in [6.45, 7) is 7.96. The Morgan fingerprint density at radius 3 is 2.55 bits per heavy atom. The number of nitrogens with zero attached hydrogens (tertiary/aromatic N) is 1. The van der Waals surface area contributed by atoms with E-state index in [1.807, 2.05) is 20.8 Å². The Bertz CT molecular complexity index is 480. The van der Waals surface area contributed by atoms with E-state index < -0.39 is 5.97 Å². The van der Waals surface area contributed by atoms with Crippen LogP contribution in [-0.4, -0.2) is 28.7 Å². The molecular weight excluding hydrogens is 260 g/mol. The van der Waals surface area contributed by atoms with Gasteiger partial charge < -0.3 is 14.9 Å². The fourth-order valence-corrected chi connectivity index (χ4v) is 1.88. The molecule has 2 N–H and O–H groups in total. The van der Waals surface area contributed by atoms with Gasteiger partial charge in [0.15, 0.2) is 5.76 Å². The molecule has 20 heavy (non-hydrogen) atoms. The lowest BCUT2D eigenvalue weighted by atomic mass is 10.0. The smallest absolute Gasteiger partial charge is 0.303 e. The van der Waals surface area contributed by atoms with Gasteiger partial charge >= 0.3 is 5.97 Å². The minimum atomic E-state index is -0.819. The van der Waals surface area contributed by atoms with Crippen molar-refractivity contribution < 1.29 is 19.2 Å². The van der Waals surface area contributed by atoms with Crippen LogP contribution in [0.5, 0.6) is 0 Å². The van der Waals surface area contributed by atoms with Crippen LogP contribution in [0.3, 0.4) is 0 Å². The topological polar surface area (TPSA) is 92.4 Å². The maximum Gasteiger partial charge on any atom is 0.303 e. The first kappa shape index (κ1) is 16.2. The second kappa shape index (κ2) is 7.07. The Morgan fingerprint density at radius 2 is 2.00 bits per heavy atom.